The molecule has 0 spiro atoms. The number of rotatable bonds is 6. The lowest BCUT2D eigenvalue weighted by atomic mass is 10.2. The van der Waals surface area contributed by atoms with E-state index in [1.54, 1.807) is 12.4 Å². The Bertz CT molecular complexity index is 310. The lowest BCUT2D eigenvalue weighted by molar-refractivity contribution is 0.686. The molecule has 0 bridgehead atoms. The summed E-state index contributed by atoms with van der Waals surface area (Å²) >= 11 is 0. The Morgan fingerprint density at radius 1 is 1.33 bits per heavy atom. The van der Waals surface area contributed by atoms with Crippen molar-refractivity contribution in [3.05, 3.63) is 12.4 Å². The predicted molar refractivity (Wildman–Crippen MR) is 60.3 cm³/mol. The summed E-state index contributed by atoms with van der Waals surface area (Å²) in [5.74, 6) is 7.60. The van der Waals surface area contributed by atoms with Gasteiger partial charge in [0.2, 0.25) is 0 Å². The maximum Gasteiger partial charge on any atom is 0.160 e. The van der Waals surface area contributed by atoms with Gasteiger partial charge in [0, 0.05) is 6.54 Å². The molecule has 0 amide bonds. The van der Waals surface area contributed by atoms with Gasteiger partial charge in [0.1, 0.15) is 5.82 Å². The van der Waals surface area contributed by atoms with Crippen molar-refractivity contribution in [2.45, 2.75) is 25.7 Å². The zero-order valence-electron chi connectivity index (χ0n) is 8.74. The predicted octanol–water partition coefficient (Wildman–Crippen LogP) is 1.36. The summed E-state index contributed by atoms with van der Waals surface area (Å²) in [5.41, 5.74) is 2.47. The van der Waals surface area contributed by atoms with Crippen LogP contribution in [0.3, 0.4) is 0 Å². The second-order valence-corrected chi connectivity index (χ2v) is 3.95. The van der Waals surface area contributed by atoms with Gasteiger partial charge in [-0.05, 0) is 18.8 Å². The Hall–Kier alpha value is -1.36. The molecule has 1 saturated carbocycles. The summed E-state index contributed by atoms with van der Waals surface area (Å²) in [7, 11) is 0. The van der Waals surface area contributed by atoms with Gasteiger partial charge in [-0.15, -0.1) is 0 Å². The molecule has 1 aromatic rings. The summed E-state index contributed by atoms with van der Waals surface area (Å²) < 4.78 is 0. The van der Waals surface area contributed by atoms with Crippen LogP contribution in [0.4, 0.5) is 11.6 Å². The number of nitrogen functional groups attached to an aromatic ring is 1. The highest BCUT2D eigenvalue weighted by Gasteiger charge is 2.19. The molecule has 5 heteroatoms. The standard InChI is InChI=1S/C10H17N5/c11-15-10-7-12-6-9(14-10)13-5-1-2-8-3-4-8/h6-8H,1-5,11H2,(H2,13,14,15). The minimum absolute atomic E-state index is 0.585. The van der Waals surface area contributed by atoms with Crippen molar-refractivity contribution >= 4 is 11.6 Å². The van der Waals surface area contributed by atoms with Gasteiger partial charge in [-0.3, -0.25) is 4.98 Å². The lowest BCUT2D eigenvalue weighted by Gasteiger charge is -2.05. The summed E-state index contributed by atoms with van der Waals surface area (Å²) in [6.45, 7) is 0.958. The number of nitrogens with two attached hydrogens (primary N) is 1. The van der Waals surface area contributed by atoms with Crippen LogP contribution in [0.5, 0.6) is 0 Å². The topological polar surface area (TPSA) is 75.9 Å². The van der Waals surface area contributed by atoms with E-state index in [0.717, 1.165) is 18.3 Å². The van der Waals surface area contributed by atoms with E-state index in [1.807, 2.05) is 0 Å². The number of hydrogen-bond acceptors (Lipinski definition) is 5. The van der Waals surface area contributed by atoms with E-state index in [4.69, 9.17) is 5.84 Å². The SMILES string of the molecule is NNc1cncc(NCCCC2CC2)n1. The first-order valence-corrected chi connectivity index (χ1v) is 5.41. The highest BCUT2D eigenvalue weighted by molar-refractivity contribution is 5.40. The van der Waals surface area contributed by atoms with Crippen LogP contribution in [0.1, 0.15) is 25.7 Å². The summed E-state index contributed by atoms with van der Waals surface area (Å²) in [6.07, 6.45) is 8.67. The van der Waals surface area contributed by atoms with Gasteiger partial charge in [-0.25, -0.2) is 10.8 Å². The van der Waals surface area contributed by atoms with Crippen LogP contribution in [0.15, 0.2) is 12.4 Å². The van der Waals surface area contributed by atoms with Gasteiger partial charge in [-0.2, -0.15) is 0 Å². The Balaban J connectivity index is 1.71. The van der Waals surface area contributed by atoms with Crippen LogP contribution in [0, 0.1) is 5.92 Å². The van der Waals surface area contributed by atoms with Gasteiger partial charge < -0.3 is 10.7 Å². The van der Waals surface area contributed by atoms with Gasteiger partial charge >= 0.3 is 0 Å². The van der Waals surface area contributed by atoms with Crippen LogP contribution in [0.2, 0.25) is 0 Å². The number of aromatic nitrogens is 2. The maximum atomic E-state index is 5.24. The van der Waals surface area contributed by atoms with Crippen molar-refractivity contribution in [1.29, 1.82) is 0 Å². The molecule has 0 aromatic carbocycles. The Morgan fingerprint density at radius 2 is 2.13 bits per heavy atom. The highest BCUT2D eigenvalue weighted by Crippen LogP contribution is 2.33. The molecule has 1 heterocycles. The first-order chi connectivity index (χ1) is 7.38. The van der Waals surface area contributed by atoms with Crippen molar-refractivity contribution in [2.24, 2.45) is 11.8 Å². The zero-order chi connectivity index (χ0) is 10.5. The molecule has 4 N–H and O–H groups in total. The number of nitrogens with zero attached hydrogens (tertiary/aromatic N) is 2. The van der Waals surface area contributed by atoms with Crippen molar-refractivity contribution in [3.8, 4) is 0 Å². The first kappa shape index (κ1) is 10.2. The summed E-state index contributed by atoms with van der Waals surface area (Å²) in [6, 6.07) is 0. The quantitative estimate of drug-likeness (QED) is 0.373. The van der Waals surface area contributed by atoms with Crippen LogP contribution in [0.25, 0.3) is 0 Å². The van der Waals surface area contributed by atoms with E-state index in [1.165, 1.54) is 25.7 Å². The third-order valence-corrected chi connectivity index (χ3v) is 2.57. The molecular formula is C10H17N5. The summed E-state index contributed by atoms with van der Waals surface area (Å²) in [5, 5.41) is 3.23. The Morgan fingerprint density at radius 3 is 2.87 bits per heavy atom. The summed E-state index contributed by atoms with van der Waals surface area (Å²) in [4.78, 5) is 8.23. The minimum atomic E-state index is 0.585. The van der Waals surface area contributed by atoms with Gasteiger partial charge in [0.05, 0.1) is 12.4 Å². The molecule has 2 rings (SSSR count). The molecule has 1 fully saturated rings. The average Bonchev–Trinajstić information content (AvgIpc) is 3.09. The fourth-order valence-corrected chi connectivity index (χ4v) is 1.53. The third kappa shape index (κ3) is 3.36. The Kier molecular flexibility index (Phi) is 3.34. The van der Waals surface area contributed by atoms with Gasteiger partial charge in [0.25, 0.3) is 0 Å². The minimum Gasteiger partial charge on any atom is -0.369 e. The first-order valence-electron chi connectivity index (χ1n) is 5.41. The normalized spacial score (nSPS) is 15.0. The lowest BCUT2D eigenvalue weighted by Crippen LogP contribution is -2.11. The van der Waals surface area contributed by atoms with Gasteiger partial charge in [-0.1, -0.05) is 12.8 Å². The zero-order valence-corrected chi connectivity index (χ0v) is 8.74. The van der Waals surface area contributed by atoms with Crippen molar-refractivity contribution in [2.75, 3.05) is 17.3 Å². The third-order valence-electron chi connectivity index (χ3n) is 2.57. The molecule has 0 radical (unpaired) electrons. The van der Waals surface area contributed by atoms with E-state index >= 15 is 0 Å². The van der Waals surface area contributed by atoms with Crippen molar-refractivity contribution in [1.82, 2.24) is 9.97 Å². The van der Waals surface area contributed by atoms with E-state index in [0.29, 0.717) is 5.82 Å². The number of hydrogen-bond donors (Lipinski definition) is 3. The second-order valence-electron chi connectivity index (χ2n) is 3.95. The van der Waals surface area contributed by atoms with Crippen molar-refractivity contribution < 1.29 is 0 Å². The molecule has 15 heavy (non-hydrogen) atoms. The van der Waals surface area contributed by atoms with E-state index < -0.39 is 0 Å². The van der Waals surface area contributed by atoms with Gasteiger partial charge in [0.15, 0.2) is 5.82 Å². The molecule has 1 aliphatic rings. The molecule has 5 nitrogen and oxygen atoms in total. The molecule has 1 aliphatic carbocycles. The van der Waals surface area contributed by atoms with Crippen LogP contribution >= 0.6 is 0 Å². The molecule has 0 aliphatic heterocycles. The fourth-order valence-electron chi connectivity index (χ4n) is 1.53. The highest BCUT2D eigenvalue weighted by atomic mass is 15.3. The second kappa shape index (κ2) is 4.93. The number of anilines is 2. The van der Waals surface area contributed by atoms with Crippen LogP contribution in [-0.4, -0.2) is 16.5 Å². The monoisotopic (exact) mass is 207 g/mol. The van der Waals surface area contributed by atoms with Crippen LogP contribution < -0.4 is 16.6 Å². The molecule has 0 unspecified atom stereocenters. The molecule has 0 atom stereocenters. The average molecular weight is 207 g/mol. The van der Waals surface area contributed by atoms with Crippen molar-refractivity contribution in [3.63, 3.8) is 0 Å². The van der Waals surface area contributed by atoms with E-state index in [9.17, 15) is 0 Å². The number of nitrogens with one attached hydrogen (secondary N) is 2. The largest absolute Gasteiger partial charge is 0.369 e. The molecular weight excluding hydrogens is 190 g/mol. The maximum absolute atomic E-state index is 5.24. The fraction of sp³-hybridized carbons (Fsp3) is 0.600. The van der Waals surface area contributed by atoms with E-state index in [2.05, 4.69) is 20.7 Å². The Labute approximate surface area is 89.5 Å². The molecule has 0 saturated heterocycles. The molecule has 1 aromatic heterocycles. The smallest absolute Gasteiger partial charge is 0.160 e. The van der Waals surface area contributed by atoms with E-state index in [-0.39, 0.29) is 0 Å². The molecule has 82 valence electrons. The number of hydrazine groups is 1. The van der Waals surface area contributed by atoms with Crippen LogP contribution in [-0.2, 0) is 0 Å².